The molecule has 35 heavy (non-hydrogen) atoms. The lowest BCUT2D eigenvalue weighted by molar-refractivity contribution is -0.123. The fraction of sp³-hybridized carbons (Fsp3) is 0.333. The molecule has 1 heterocycles. The SMILES string of the molecule is COc1cc([C@H](C(=O)NC2CCCC2)N(C(=O)c2ccco2)c2ccccc2)cc(OC)c1OC. The monoisotopic (exact) mass is 478 g/mol. The molecular formula is C27H30N2O6. The minimum atomic E-state index is -1.02. The van der Waals surface area contributed by atoms with Gasteiger partial charge in [0.15, 0.2) is 17.3 Å². The summed E-state index contributed by atoms with van der Waals surface area (Å²) in [6.45, 7) is 0. The second kappa shape index (κ2) is 11.0. The Labute approximate surface area is 204 Å². The number of ether oxygens (including phenoxy) is 3. The maximum absolute atomic E-state index is 13.9. The molecular weight excluding hydrogens is 448 g/mol. The third-order valence-corrected chi connectivity index (χ3v) is 6.20. The first kappa shape index (κ1) is 24.2. The summed E-state index contributed by atoms with van der Waals surface area (Å²) in [5, 5.41) is 3.16. The van der Waals surface area contributed by atoms with Crippen LogP contribution in [0.3, 0.4) is 0 Å². The lowest BCUT2D eigenvalue weighted by atomic mass is 10.0. The number of methoxy groups -OCH3 is 3. The average molecular weight is 479 g/mol. The summed E-state index contributed by atoms with van der Waals surface area (Å²) in [6, 6.07) is 14.7. The highest BCUT2D eigenvalue weighted by Crippen LogP contribution is 2.42. The first-order valence-electron chi connectivity index (χ1n) is 11.6. The summed E-state index contributed by atoms with van der Waals surface area (Å²) in [4.78, 5) is 29.1. The maximum Gasteiger partial charge on any atom is 0.294 e. The molecule has 1 N–H and O–H groups in total. The van der Waals surface area contributed by atoms with Crippen molar-refractivity contribution >= 4 is 17.5 Å². The summed E-state index contributed by atoms with van der Waals surface area (Å²) in [6.07, 6.45) is 5.38. The summed E-state index contributed by atoms with van der Waals surface area (Å²) < 4.78 is 22.0. The molecule has 2 aromatic carbocycles. The predicted molar refractivity (Wildman–Crippen MR) is 131 cm³/mol. The number of furan rings is 1. The van der Waals surface area contributed by atoms with Gasteiger partial charge in [-0.25, -0.2) is 0 Å². The standard InChI is InChI=1S/C27H30N2O6/c1-32-22-16-18(17-23(33-2)25(22)34-3)24(26(30)28-19-10-7-8-11-19)29(20-12-5-4-6-13-20)27(31)21-14-9-15-35-21/h4-6,9,12-17,19,24H,7-8,10-11H2,1-3H3,(H,28,30)/t24-/m1/s1. The van der Waals surface area contributed by atoms with Gasteiger partial charge in [0, 0.05) is 11.7 Å². The molecule has 0 spiro atoms. The van der Waals surface area contributed by atoms with Gasteiger partial charge >= 0.3 is 0 Å². The molecule has 1 saturated carbocycles. The summed E-state index contributed by atoms with van der Waals surface area (Å²) in [5.74, 6) is 0.562. The zero-order valence-corrected chi connectivity index (χ0v) is 20.2. The van der Waals surface area contributed by atoms with Crippen molar-refractivity contribution in [3.63, 3.8) is 0 Å². The first-order valence-corrected chi connectivity index (χ1v) is 11.6. The molecule has 1 aliphatic rings. The zero-order valence-electron chi connectivity index (χ0n) is 20.2. The van der Waals surface area contributed by atoms with Gasteiger partial charge in [0.2, 0.25) is 11.7 Å². The van der Waals surface area contributed by atoms with Crippen molar-refractivity contribution in [3.05, 3.63) is 72.2 Å². The Morgan fingerprint density at radius 2 is 1.60 bits per heavy atom. The van der Waals surface area contributed by atoms with E-state index in [0.29, 0.717) is 28.5 Å². The Balaban J connectivity index is 1.88. The van der Waals surface area contributed by atoms with Crippen LogP contribution in [0.2, 0.25) is 0 Å². The quantitative estimate of drug-likeness (QED) is 0.477. The van der Waals surface area contributed by atoms with Crippen molar-refractivity contribution in [1.29, 1.82) is 0 Å². The fourth-order valence-electron chi connectivity index (χ4n) is 4.52. The molecule has 1 aromatic heterocycles. The first-order chi connectivity index (χ1) is 17.1. The number of carbonyl (C=O) groups excluding carboxylic acids is 2. The number of amides is 2. The molecule has 1 fully saturated rings. The van der Waals surface area contributed by atoms with Gasteiger partial charge in [0.25, 0.3) is 5.91 Å². The lowest BCUT2D eigenvalue weighted by Gasteiger charge is -2.32. The number of para-hydroxylation sites is 1. The minimum Gasteiger partial charge on any atom is -0.493 e. The third kappa shape index (κ3) is 5.11. The molecule has 8 heteroatoms. The maximum atomic E-state index is 13.9. The Bertz CT molecular complexity index is 1110. The Kier molecular flexibility index (Phi) is 7.60. The van der Waals surface area contributed by atoms with E-state index in [1.54, 1.807) is 36.4 Å². The summed E-state index contributed by atoms with van der Waals surface area (Å²) in [7, 11) is 4.54. The van der Waals surface area contributed by atoms with Crippen molar-refractivity contribution < 1.29 is 28.2 Å². The van der Waals surface area contributed by atoms with E-state index in [0.717, 1.165) is 25.7 Å². The van der Waals surface area contributed by atoms with Gasteiger partial charge in [-0.05, 0) is 54.8 Å². The van der Waals surface area contributed by atoms with Crippen LogP contribution in [0.1, 0.15) is 47.8 Å². The van der Waals surface area contributed by atoms with E-state index < -0.39 is 11.9 Å². The van der Waals surface area contributed by atoms with E-state index in [1.165, 1.54) is 32.5 Å². The normalized spacial score (nSPS) is 14.3. The highest BCUT2D eigenvalue weighted by Gasteiger charge is 2.37. The van der Waals surface area contributed by atoms with Gasteiger partial charge in [-0.15, -0.1) is 0 Å². The number of nitrogens with zero attached hydrogens (tertiary/aromatic N) is 1. The van der Waals surface area contributed by atoms with Gasteiger partial charge in [0.1, 0.15) is 6.04 Å². The number of carbonyl (C=O) groups is 2. The number of anilines is 1. The van der Waals surface area contributed by atoms with Crippen molar-refractivity contribution in [3.8, 4) is 17.2 Å². The summed E-state index contributed by atoms with van der Waals surface area (Å²) >= 11 is 0. The third-order valence-electron chi connectivity index (χ3n) is 6.20. The van der Waals surface area contributed by atoms with E-state index in [9.17, 15) is 9.59 Å². The van der Waals surface area contributed by atoms with Crippen LogP contribution < -0.4 is 24.4 Å². The second-order valence-corrected chi connectivity index (χ2v) is 8.34. The topological polar surface area (TPSA) is 90.2 Å². The van der Waals surface area contributed by atoms with Crippen molar-refractivity contribution in [2.24, 2.45) is 0 Å². The molecule has 0 unspecified atom stereocenters. The van der Waals surface area contributed by atoms with E-state index in [-0.39, 0.29) is 17.7 Å². The molecule has 0 radical (unpaired) electrons. The Hall–Kier alpha value is -3.94. The van der Waals surface area contributed by atoms with Crippen LogP contribution in [0.4, 0.5) is 5.69 Å². The van der Waals surface area contributed by atoms with E-state index >= 15 is 0 Å². The van der Waals surface area contributed by atoms with Crippen LogP contribution in [0.15, 0.2) is 65.3 Å². The molecule has 8 nitrogen and oxygen atoms in total. The highest BCUT2D eigenvalue weighted by atomic mass is 16.5. The molecule has 0 bridgehead atoms. The van der Waals surface area contributed by atoms with E-state index in [1.807, 2.05) is 18.2 Å². The summed E-state index contributed by atoms with van der Waals surface area (Å²) in [5.41, 5.74) is 1.06. The van der Waals surface area contributed by atoms with Crippen LogP contribution >= 0.6 is 0 Å². The molecule has 184 valence electrons. The minimum absolute atomic E-state index is 0.0587. The zero-order chi connectivity index (χ0) is 24.8. The van der Waals surface area contributed by atoms with Crippen molar-refractivity contribution in [2.45, 2.75) is 37.8 Å². The van der Waals surface area contributed by atoms with Crippen LogP contribution in [0, 0.1) is 0 Å². The van der Waals surface area contributed by atoms with Crippen LogP contribution in [0.5, 0.6) is 17.2 Å². The van der Waals surface area contributed by atoms with Gasteiger partial charge in [-0.2, -0.15) is 0 Å². The largest absolute Gasteiger partial charge is 0.493 e. The van der Waals surface area contributed by atoms with Gasteiger partial charge in [-0.3, -0.25) is 14.5 Å². The molecule has 3 aromatic rings. The van der Waals surface area contributed by atoms with Gasteiger partial charge in [0.05, 0.1) is 27.6 Å². The highest BCUT2D eigenvalue weighted by molar-refractivity contribution is 6.08. The average Bonchev–Trinajstić information content (AvgIpc) is 3.61. The second-order valence-electron chi connectivity index (χ2n) is 8.34. The molecule has 0 saturated heterocycles. The molecule has 0 aliphatic heterocycles. The molecule has 2 amide bonds. The number of hydrogen-bond acceptors (Lipinski definition) is 6. The van der Waals surface area contributed by atoms with Gasteiger partial charge in [-0.1, -0.05) is 31.0 Å². The fourth-order valence-corrected chi connectivity index (χ4v) is 4.52. The Morgan fingerprint density at radius 3 is 2.14 bits per heavy atom. The number of nitrogens with one attached hydrogen (secondary N) is 1. The lowest BCUT2D eigenvalue weighted by Crippen LogP contribution is -2.46. The molecule has 4 rings (SSSR count). The molecule has 1 atom stereocenters. The van der Waals surface area contributed by atoms with Crippen LogP contribution in [-0.2, 0) is 4.79 Å². The van der Waals surface area contributed by atoms with Crippen molar-refractivity contribution in [2.75, 3.05) is 26.2 Å². The number of hydrogen-bond donors (Lipinski definition) is 1. The van der Waals surface area contributed by atoms with Crippen LogP contribution in [-0.4, -0.2) is 39.2 Å². The predicted octanol–water partition coefficient (Wildman–Crippen LogP) is 4.75. The Morgan fingerprint density at radius 1 is 0.943 bits per heavy atom. The smallest absolute Gasteiger partial charge is 0.294 e. The van der Waals surface area contributed by atoms with Crippen molar-refractivity contribution in [1.82, 2.24) is 5.32 Å². The van der Waals surface area contributed by atoms with Gasteiger partial charge < -0.3 is 23.9 Å². The number of rotatable bonds is 9. The van der Waals surface area contributed by atoms with E-state index in [2.05, 4.69) is 5.32 Å². The van der Waals surface area contributed by atoms with Crippen LogP contribution in [0.25, 0.3) is 0 Å². The van der Waals surface area contributed by atoms with E-state index in [4.69, 9.17) is 18.6 Å². The molecule has 1 aliphatic carbocycles. The number of benzene rings is 2.